The summed E-state index contributed by atoms with van der Waals surface area (Å²) in [5.41, 5.74) is 0.350. The van der Waals surface area contributed by atoms with E-state index in [4.69, 9.17) is 4.42 Å². The summed E-state index contributed by atoms with van der Waals surface area (Å²) in [4.78, 5) is 0. The molecule has 5 nitrogen and oxygen atoms in total. The van der Waals surface area contributed by atoms with Crippen molar-refractivity contribution in [1.82, 2.24) is 10.2 Å². The van der Waals surface area contributed by atoms with Crippen LogP contribution in [0.2, 0.25) is 0 Å². The van der Waals surface area contributed by atoms with Gasteiger partial charge in [-0.15, -0.1) is 10.2 Å². The Balaban J connectivity index is 1.63. The third-order valence-corrected chi connectivity index (χ3v) is 6.73. The third kappa shape index (κ3) is 4.13. The van der Waals surface area contributed by atoms with Crippen LogP contribution >= 0.6 is 11.8 Å². The summed E-state index contributed by atoms with van der Waals surface area (Å²) in [5.74, 6) is -0.513. The molecule has 2 atom stereocenters. The summed E-state index contributed by atoms with van der Waals surface area (Å²) in [6.45, 7) is 1.76. The molecular weight excluding hydrogens is 358 g/mol. The number of halogens is 2. The Morgan fingerprint density at radius 3 is 2.83 bits per heavy atom. The maximum atomic E-state index is 13.8. The normalized spacial score (nSPS) is 21.0. The van der Waals surface area contributed by atoms with Crippen molar-refractivity contribution in [3.63, 3.8) is 0 Å². The zero-order chi connectivity index (χ0) is 17.3. The average molecular weight is 374 g/mol. The van der Waals surface area contributed by atoms with E-state index in [0.29, 0.717) is 24.3 Å². The van der Waals surface area contributed by atoms with Gasteiger partial charge in [-0.1, -0.05) is 17.8 Å². The van der Waals surface area contributed by atoms with Gasteiger partial charge in [0, 0.05) is 23.3 Å². The Bertz CT molecular complexity index is 839. The Kier molecular flexibility index (Phi) is 4.91. The van der Waals surface area contributed by atoms with Gasteiger partial charge in [0.2, 0.25) is 5.89 Å². The second-order valence-electron chi connectivity index (χ2n) is 5.86. The molecule has 24 heavy (non-hydrogen) atoms. The molecule has 0 amide bonds. The number of aromatic nitrogens is 2. The molecule has 0 bridgehead atoms. The number of hydrogen-bond acceptors (Lipinski definition) is 6. The molecule has 3 rings (SSSR count). The van der Waals surface area contributed by atoms with Gasteiger partial charge in [0.1, 0.15) is 11.6 Å². The van der Waals surface area contributed by atoms with Crippen LogP contribution in [0.1, 0.15) is 30.0 Å². The fourth-order valence-electron chi connectivity index (χ4n) is 2.69. The van der Waals surface area contributed by atoms with E-state index in [1.54, 1.807) is 6.92 Å². The van der Waals surface area contributed by atoms with E-state index < -0.39 is 21.5 Å². The van der Waals surface area contributed by atoms with Crippen LogP contribution in [-0.2, 0) is 16.3 Å². The van der Waals surface area contributed by atoms with Crippen LogP contribution in [0.25, 0.3) is 0 Å². The van der Waals surface area contributed by atoms with Crippen molar-refractivity contribution >= 4 is 21.6 Å². The van der Waals surface area contributed by atoms with E-state index >= 15 is 0 Å². The van der Waals surface area contributed by atoms with E-state index in [2.05, 4.69) is 10.2 Å². The zero-order valence-corrected chi connectivity index (χ0v) is 14.5. The first-order valence-corrected chi connectivity index (χ1v) is 10.2. The Hall–Kier alpha value is -1.48. The van der Waals surface area contributed by atoms with E-state index in [9.17, 15) is 17.2 Å². The van der Waals surface area contributed by atoms with Crippen LogP contribution in [0, 0.1) is 17.6 Å². The first-order chi connectivity index (χ1) is 11.3. The average Bonchev–Trinajstić information content (AvgIpc) is 3.05. The molecule has 2 heterocycles. The Labute approximate surface area is 142 Å². The van der Waals surface area contributed by atoms with Crippen molar-refractivity contribution in [2.45, 2.75) is 30.2 Å². The number of sulfone groups is 1. The van der Waals surface area contributed by atoms with Crippen LogP contribution in [0.5, 0.6) is 0 Å². The van der Waals surface area contributed by atoms with E-state index in [1.165, 1.54) is 23.9 Å². The van der Waals surface area contributed by atoms with Gasteiger partial charge >= 0.3 is 0 Å². The standard InChI is InChI=1S/C15H16F2N2O3S2/c1-9(12-3-2-11(16)7-13(12)17)23-15-19-18-14(22-15)6-10-4-5-24(20,21)8-10/h2-3,7,9-10H,4-6,8H2,1H3/t9-,10+/m0/s1. The molecule has 1 aliphatic heterocycles. The minimum Gasteiger partial charge on any atom is -0.416 e. The Morgan fingerprint density at radius 2 is 2.17 bits per heavy atom. The van der Waals surface area contributed by atoms with Gasteiger partial charge in [0.05, 0.1) is 11.5 Å². The van der Waals surface area contributed by atoms with Gasteiger partial charge in [-0.05, 0) is 25.3 Å². The van der Waals surface area contributed by atoms with Crippen LogP contribution in [0.15, 0.2) is 27.8 Å². The smallest absolute Gasteiger partial charge is 0.277 e. The highest BCUT2D eigenvalue weighted by molar-refractivity contribution is 7.99. The molecule has 9 heteroatoms. The zero-order valence-electron chi connectivity index (χ0n) is 12.9. The molecule has 1 saturated heterocycles. The Morgan fingerprint density at radius 1 is 1.38 bits per heavy atom. The summed E-state index contributed by atoms with van der Waals surface area (Å²) >= 11 is 1.17. The molecule has 0 aliphatic carbocycles. The van der Waals surface area contributed by atoms with Crippen LogP contribution in [0.4, 0.5) is 8.78 Å². The molecule has 2 aromatic rings. The summed E-state index contributed by atoms with van der Waals surface area (Å²) in [6, 6.07) is 3.43. The van der Waals surface area contributed by atoms with Crippen molar-refractivity contribution < 1.29 is 21.6 Å². The summed E-state index contributed by atoms with van der Waals surface area (Å²) in [6.07, 6.45) is 1.02. The molecule has 1 aromatic carbocycles. The number of rotatable bonds is 5. The highest BCUT2D eigenvalue weighted by Crippen LogP contribution is 2.35. The SMILES string of the molecule is C[C@H](Sc1nnc(C[C@H]2CCS(=O)(=O)C2)o1)c1ccc(F)cc1F. The largest absolute Gasteiger partial charge is 0.416 e. The fourth-order valence-corrected chi connectivity index (χ4v) is 5.41. The predicted octanol–water partition coefficient (Wildman–Crippen LogP) is 3.18. The van der Waals surface area contributed by atoms with Gasteiger partial charge in [-0.3, -0.25) is 0 Å². The molecule has 0 radical (unpaired) electrons. The van der Waals surface area contributed by atoms with Gasteiger partial charge in [0.15, 0.2) is 9.84 Å². The molecule has 130 valence electrons. The van der Waals surface area contributed by atoms with Crippen molar-refractivity contribution in [3.8, 4) is 0 Å². The van der Waals surface area contributed by atoms with Gasteiger partial charge < -0.3 is 4.42 Å². The fraction of sp³-hybridized carbons (Fsp3) is 0.467. The number of hydrogen-bond donors (Lipinski definition) is 0. The molecule has 0 spiro atoms. The lowest BCUT2D eigenvalue weighted by Crippen LogP contribution is -2.07. The molecule has 1 aromatic heterocycles. The highest BCUT2D eigenvalue weighted by atomic mass is 32.2. The lowest BCUT2D eigenvalue weighted by Gasteiger charge is -2.09. The molecular formula is C15H16F2N2O3S2. The van der Waals surface area contributed by atoms with Crippen molar-refractivity contribution in [3.05, 3.63) is 41.3 Å². The van der Waals surface area contributed by atoms with E-state index in [0.717, 1.165) is 6.07 Å². The first-order valence-electron chi connectivity index (χ1n) is 7.47. The number of thioether (sulfide) groups is 1. The maximum absolute atomic E-state index is 13.8. The van der Waals surface area contributed by atoms with Crippen molar-refractivity contribution in [1.29, 1.82) is 0 Å². The minimum absolute atomic E-state index is 0.000247. The minimum atomic E-state index is -2.94. The van der Waals surface area contributed by atoms with Crippen LogP contribution in [-0.4, -0.2) is 30.1 Å². The summed E-state index contributed by atoms with van der Waals surface area (Å²) in [5, 5.41) is 7.78. The highest BCUT2D eigenvalue weighted by Gasteiger charge is 2.29. The molecule has 0 unspecified atom stereocenters. The van der Waals surface area contributed by atoms with E-state index in [1.807, 2.05) is 0 Å². The summed E-state index contributed by atoms with van der Waals surface area (Å²) in [7, 11) is -2.94. The molecule has 1 aliphatic rings. The van der Waals surface area contributed by atoms with Crippen LogP contribution in [0.3, 0.4) is 0 Å². The number of benzene rings is 1. The third-order valence-electron chi connectivity index (χ3n) is 3.92. The van der Waals surface area contributed by atoms with Gasteiger partial charge in [-0.25, -0.2) is 17.2 Å². The van der Waals surface area contributed by atoms with E-state index in [-0.39, 0.29) is 27.9 Å². The van der Waals surface area contributed by atoms with Crippen molar-refractivity contribution in [2.75, 3.05) is 11.5 Å². The quantitative estimate of drug-likeness (QED) is 0.749. The second-order valence-corrected chi connectivity index (χ2v) is 9.38. The molecule has 0 N–H and O–H groups in total. The predicted molar refractivity (Wildman–Crippen MR) is 85.4 cm³/mol. The van der Waals surface area contributed by atoms with Gasteiger partial charge in [-0.2, -0.15) is 0 Å². The molecule has 1 fully saturated rings. The maximum Gasteiger partial charge on any atom is 0.277 e. The lowest BCUT2D eigenvalue weighted by molar-refractivity contribution is 0.389. The second kappa shape index (κ2) is 6.79. The van der Waals surface area contributed by atoms with Crippen molar-refractivity contribution in [2.24, 2.45) is 5.92 Å². The molecule has 0 saturated carbocycles. The summed E-state index contributed by atoms with van der Waals surface area (Å²) < 4.78 is 55.2. The van der Waals surface area contributed by atoms with Crippen LogP contribution < -0.4 is 0 Å². The number of nitrogens with zero attached hydrogens (tertiary/aromatic N) is 2. The monoisotopic (exact) mass is 374 g/mol. The first kappa shape index (κ1) is 17.3. The topological polar surface area (TPSA) is 73.1 Å². The van der Waals surface area contributed by atoms with Gasteiger partial charge in [0.25, 0.3) is 5.22 Å². The lowest BCUT2D eigenvalue weighted by atomic mass is 10.1.